The van der Waals surface area contributed by atoms with E-state index in [0.29, 0.717) is 11.6 Å². The van der Waals surface area contributed by atoms with Crippen molar-refractivity contribution in [1.29, 1.82) is 5.26 Å². The zero-order valence-electron chi connectivity index (χ0n) is 12.6. The van der Waals surface area contributed by atoms with Crippen LogP contribution in [0.25, 0.3) is 0 Å². The first kappa shape index (κ1) is 14.9. The number of likely N-dealkylation sites (tertiary alicyclic amines) is 1. The number of ether oxygens (including phenoxy) is 1. The van der Waals surface area contributed by atoms with Crippen LogP contribution in [0.1, 0.15) is 50.2 Å². The van der Waals surface area contributed by atoms with Gasteiger partial charge in [0.15, 0.2) is 0 Å². The van der Waals surface area contributed by atoms with Crippen molar-refractivity contribution < 1.29 is 4.74 Å². The van der Waals surface area contributed by atoms with Crippen molar-refractivity contribution in [2.24, 2.45) is 0 Å². The highest BCUT2D eigenvalue weighted by atomic mass is 16.5. The lowest BCUT2D eigenvalue weighted by Gasteiger charge is -2.36. The van der Waals surface area contributed by atoms with Gasteiger partial charge in [-0.05, 0) is 44.0 Å². The minimum absolute atomic E-state index is 0.684. The second-order valence-corrected chi connectivity index (χ2v) is 5.55. The molecule has 1 aromatic carbocycles. The van der Waals surface area contributed by atoms with Gasteiger partial charge in [-0.25, -0.2) is 0 Å². The molecular weight excluding hydrogens is 248 g/mol. The van der Waals surface area contributed by atoms with E-state index < -0.39 is 0 Å². The molecule has 1 saturated heterocycles. The van der Waals surface area contributed by atoms with Crippen LogP contribution in [0, 0.1) is 11.3 Å². The number of hydrogen-bond acceptors (Lipinski definition) is 3. The highest BCUT2D eigenvalue weighted by molar-refractivity contribution is 5.42. The molecule has 0 aromatic heterocycles. The van der Waals surface area contributed by atoms with Crippen molar-refractivity contribution in [3.05, 3.63) is 29.3 Å². The van der Waals surface area contributed by atoms with Crippen LogP contribution in [0.5, 0.6) is 5.75 Å². The summed E-state index contributed by atoms with van der Waals surface area (Å²) in [7, 11) is 1.70. The van der Waals surface area contributed by atoms with Gasteiger partial charge in [-0.2, -0.15) is 5.26 Å². The predicted molar refractivity (Wildman–Crippen MR) is 80.7 cm³/mol. The Kier molecular flexibility index (Phi) is 5.43. The number of benzene rings is 1. The lowest BCUT2D eigenvalue weighted by atomic mass is 9.97. The Hall–Kier alpha value is -1.53. The molecule has 1 atom stereocenters. The third-order valence-electron chi connectivity index (χ3n) is 4.15. The van der Waals surface area contributed by atoms with Crippen LogP contribution in [0.15, 0.2) is 18.2 Å². The van der Waals surface area contributed by atoms with Crippen LogP contribution in [0.4, 0.5) is 0 Å². The van der Waals surface area contributed by atoms with E-state index in [1.807, 2.05) is 18.2 Å². The molecular formula is C17H24N2O. The maximum atomic E-state index is 9.06. The van der Waals surface area contributed by atoms with Crippen molar-refractivity contribution in [1.82, 2.24) is 4.90 Å². The lowest BCUT2D eigenvalue weighted by molar-refractivity contribution is 0.130. The Bertz CT molecular complexity index is 476. The molecule has 1 aliphatic heterocycles. The van der Waals surface area contributed by atoms with E-state index in [-0.39, 0.29) is 0 Å². The van der Waals surface area contributed by atoms with Gasteiger partial charge in [0.05, 0.1) is 18.7 Å². The van der Waals surface area contributed by atoms with Crippen molar-refractivity contribution in [2.75, 3.05) is 13.7 Å². The summed E-state index contributed by atoms with van der Waals surface area (Å²) >= 11 is 0. The Morgan fingerprint density at radius 3 is 2.95 bits per heavy atom. The molecule has 0 bridgehead atoms. The van der Waals surface area contributed by atoms with Gasteiger partial charge in [-0.1, -0.05) is 19.8 Å². The summed E-state index contributed by atoms with van der Waals surface area (Å²) in [4.78, 5) is 2.56. The molecule has 2 rings (SSSR count). The number of piperidine rings is 1. The van der Waals surface area contributed by atoms with Crippen LogP contribution in [-0.2, 0) is 6.54 Å². The molecule has 1 unspecified atom stereocenters. The largest absolute Gasteiger partial charge is 0.496 e. The molecule has 0 saturated carbocycles. The van der Waals surface area contributed by atoms with Crippen LogP contribution in [0.2, 0.25) is 0 Å². The van der Waals surface area contributed by atoms with Crippen molar-refractivity contribution >= 4 is 0 Å². The Morgan fingerprint density at radius 1 is 1.40 bits per heavy atom. The molecule has 1 aliphatic rings. The molecule has 0 N–H and O–H groups in total. The van der Waals surface area contributed by atoms with Gasteiger partial charge in [-0.15, -0.1) is 0 Å². The second-order valence-electron chi connectivity index (χ2n) is 5.55. The molecule has 1 aromatic rings. The number of nitrogens with zero attached hydrogens (tertiary/aromatic N) is 2. The van der Waals surface area contributed by atoms with Crippen LogP contribution in [0.3, 0.4) is 0 Å². The molecule has 0 radical (unpaired) electrons. The second kappa shape index (κ2) is 7.31. The monoisotopic (exact) mass is 272 g/mol. The Morgan fingerprint density at radius 2 is 2.25 bits per heavy atom. The molecule has 0 spiro atoms. The fourth-order valence-corrected chi connectivity index (χ4v) is 3.12. The fourth-order valence-electron chi connectivity index (χ4n) is 3.12. The lowest BCUT2D eigenvalue weighted by Crippen LogP contribution is -2.38. The van der Waals surface area contributed by atoms with E-state index in [9.17, 15) is 0 Å². The van der Waals surface area contributed by atoms with E-state index in [2.05, 4.69) is 17.9 Å². The highest BCUT2D eigenvalue weighted by Crippen LogP contribution is 2.27. The number of methoxy groups -OCH3 is 1. The third kappa shape index (κ3) is 3.52. The molecule has 1 heterocycles. The Labute approximate surface area is 122 Å². The smallest absolute Gasteiger partial charge is 0.123 e. The average Bonchev–Trinajstić information content (AvgIpc) is 2.49. The first-order chi connectivity index (χ1) is 9.78. The predicted octanol–water partition coefficient (Wildman–Crippen LogP) is 3.72. The summed E-state index contributed by atoms with van der Waals surface area (Å²) in [6.45, 7) is 4.30. The van der Waals surface area contributed by atoms with Gasteiger partial charge in [0.2, 0.25) is 0 Å². The van der Waals surface area contributed by atoms with Crippen molar-refractivity contribution in [2.45, 2.75) is 51.6 Å². The summed E-state index contributed by atoms with van der Waals surface area (Å²) in [6.07, 6.45) is 6.42. The molecule has 0 aliphatic carbocycles. The molecule has 0 amide bonds. The number of rotatable bonds is 5. The minimum atomic E-state index is 0.684. The fraction of sp³-hybridized carbons (Fsp3) is 0.588. The third-order valence-corrected chi connectivity index (χ3v) is 4.15. The van der Waals surface area contributed by atoms with E-state index >= 15 is 0 Å². The average molecular weight is 272 g/mol. The molecule has 3 heteroatoms. The van der Waals surface area contributed by atoms with Gasteiger partial charge in [0.1, 0.15) is 5.75 Å². The molecule has 3 nitrogen and oxygen atoms in total. The Balaban J connectivity index is 2.16. The van der Waals surface area contributed by atoms with E-state index in [4.69, 9.17) is 10.00 Å². The van der Waals surface area contributed by atoms with Crippen molar-refractivity contribution in [3.8, 4) is 11.8 Å². The van der Waals surface area contributed by atoms with Gasteiger partial charge in [0, 0.05) is 18.2 Å². The zero-order valence-corrected chi connectivity index (χ0v) is 12.6. The van der Waals surface area contributed by atoms with E-state index in [1.54, 1.807) is 7.11 Å². The topological polar surface area (TPSA) is 36.3 Å². The van der Waals surface area contributed by atoms with E-state index in [0.717, 1.165) is 24.4 Å². The van der Waals surface area contributed by atoms with Gasteiger partial charge >= 0.3 is 0 Å². The van der Waals surface area contributed by atoms with Gasteiger partial charge < -0.3 is 4.74 Å². The zero-order chi connectivity index (χ0) is 14.4. The molecule has 20 heavy (non-hydrogen) atoms. The standard InChI is InChI=1S/C17H24N2O/c1-3-6-16-7-4-5-10-19(16)13-15-11-14(12-18)8-9-17(15)20-2/h8-9,11,16H,3-7,10,13H2,1-2H3. The first-order valence-electron chi connectivity index (χ1n) is 7.59. The van der Waals surface area contributed by atoms with E-state index in [1.165, 1.54) is 32.1 Å². The summed E-state index contributed by atoms with van der Waals surface area (Å²) in [5, 5.41) is 9.06. The van der Waals surface area contributed by atoms with Gasteiger partial charge in [0.25, 0.3) is 0 Å². The van der Waals surface area contributed by atoms with Crippen molar-refractivity contribution in [3.63, 3.8) is 0 Å². The maximum absolute atomic E-state index is 9.06. The normalized spacial score (nSPS) is 19.6. The molecule has 1 fully saturated rings. The highest BCUT2D eigenvalue weighted by Gasteiger charge is 2.22. The summed E-state index contributed by atoms with van der Waals surface area (Å²) < 4.78 is 5.45. The summed E-state index contributed by atoms with van der Waals surface area (Å²) in [6, 6.07) is 8.60. The number of hydrogen-bond donors (Lipinski definition) is 0. The SMILES string of the molecule is CCCC1CCCCN1Cc1cc(C#N)ccc1OC. The minimum Gasteiger partial charge on any atom is -0.496 e. The summed E-state index contributed by atoms with van der Waals surface area (Å²) in [5.74, 6) is 0.893. The van der Waals surface area contributed by atoms with Crippen LogP contribution >= 0.6 is 0 Å². The number of nitriles is 1. The quantitative estimate of drug-likeness (QED) is 0.819. The van der Waals surface area contributed by atoms with Gasteiger partial charge in [-0.3, -0.25) is 4.90 Å². The molecule has 108 valence electrons. The van der Waals surface area contributed by atoms with Crippen LogP contribution < -0.4 is 4.74 Å². The first-order valence-corrected chi connectivity index (χ1v) is 7.59. The summed E-state index contributed by atoms with van der Waals surface area (Å²) in [5.41, 5.74) is 1.85. The van der Waals surface area contributed by atoms with Crippen LogP contribution in [-0.4, -0.2) is 24.6 Å². The maximum Gasteiger partial charge on any atom is 0.123 e.